The largest absolute Gasteiger partial charge is 0.497 e. The fraction of sp³-hybridized carbons (Fsp3) is 0.273. The molecule has 0 aliphatic carbocycles. The molecule has 1 atom stereocenters. The van der Waals surface area contributed by atoms with E-state index < -0.39 is 6.04 Å². The van der Waals surface area contributed by atoms with Crippen molar-refractivity contribution in [2.24, 2.45) is 5.92 Å². The van der Waals surface area contributed by atoms with Crippen LogP contribution in [0.15, 0.2) is 95.5 Å². The van der Waals surface area contributed by atoms with Crippen molar-refractivity contribution < 1.29 is 19.1 Å². The highest BCUT2D eigenvalue weighted by molar-refractivity contribution is 9.10. The number of hydrogen-bond donors (Lipinski definition) is 1. The van der Waals surface area contributed by atoms with Gasteiger partial charge in [0.2, 0.25) is 5.91 Å². The molecule has 0 unspecified atom stereocenters. The standard InChI is InChI=1S/C33H35BrN2O4/c1-23(2)20-35-33(38)29(19-24-10-5-4-6-11-24)36(21-25-12-9-14-27(18-25)39-3)31(37)22-40-30-17-16-26-13-7-8-15-28(26)32(30)34/h4-18,23,29H,19-22H2,1-3H3,(H,35,38)/t29-/m0/s1. The zero-order chi connectivity index (χ0) is 28.5. The zero-order valence-electron chi connectivity index (χ0n) is 23.1. The van der Waals surface area contributed by atoms with Gasteiger partial charge in [-0.05, 0) is 61.9 Å². The maximum absolute atomic E-state index is 13.9. The van der Waals surface area contributed by atoms with E-state index in [4.69, 9.17) is 9.47 Å². The molecule has 4 rings (SSSR count). The minimum Gasteiger partial charge on any atom is -0.497 e. The molecule has 0 radical (unpaired) electrons. The van der Waals surface area contributed by atoms with Crippen molar-refractivity contribution in [3.63, 3.8) is 0 Å². The molecule has 7 heteroatoms. The van der Waals surface area contributed by atoms with E-state index in [-0.39, 0.29) is 30.9 Å². The third kappa shape index (κ3) is 7.63. The van der Waals surface area contributed by atoms with Crippen molar-refractivity contribution in [1.29, 1.82) is 0 Å². The number of nitrogens with zero attached hydrogens (tertiary/aromatic N) is 1. The molecule has 0 bridgehead atoms. The van der Waals surface area contributed by atoms with Gasteiger partial charge in [0.05, 0.1) is 11.6 Å². The zero-order valence-corrected chi connectivity index (χ0v) is 24.7. The number of ether oxygens (including phenoxy) is 2. The highest BCUT2D eigenvalue weighted by Gasteiger charge is 2.31. The molecule has 1 N–H and O–H groups in total. The van der Waals surface area contributed by atoms with E-state index in [0.29, 0.717) is 24.5 Å². The molecule has 0 saturated carbocycles. The van der Waals surface area contributed by atoms with Crippen LogP contribution >= 0.6 is 15.9 Å². The summed E-state index contributed by atoms with van der Waals surface area (Å²) < 4.78 is 12.2. The van der Waals surface area contributed by atoms with Gasteiger partial charge in [-0.25, -0.2) is 0 Å². The van der Waals surface area contributed by atoms with Crippen LogP contribution in [0.5, 0.6) is 11.5 Å². The molecule has 0 fully saturated rings. The van der Waals surface area contributed by atoms with Crippen LogP contribution in [0.4, 0.5) is 0 Å². The summed E-state index contributed by atoms with van der Waals surface area (Å²) in [6, 6.07) is 28.3. The number of halogens is 1. The van der Waals surface area contributed by atoms with Gasteiger partial charge in [-0.2, -0.15) is 0 Å². The van der Waals surface area contributed by atoms with E-state index in [1.54, 1.807) is 12.0 Å². The van der Waals surface area contributed by atoms with Gasteiger partial charge in [0, 0.05) is 19.5 Å². The summed E-state index contributed by atoms with van der Waals surface area (Å²) >= 11 is 3.64. The first-order valence-corrected chi connectivity index (χ1v) is 14.2. The monoisotopic (exact) mass is 602 g/mol. The summed E-state index contributed by atoms with van der Waals surface area (Å²) in [6.45, 7) is 4.61. The number of fused-ring (bicyclic) bond motifs is 1. The van der Waals surface area contributed by atoms with Crippen LogP contribution in [0, 0.1) is 5.92 Å². The van der Waals surface area contributed by atoms with Crippen molar-refractivity contribution in [1.82, 2.24) is 10.2 Å². The Morgan fingerprint density at radius 3 is 2.38 bits per heavy atom. The van der Waals surface area contributed by atoms with E-state index in [9.17, 15) is 9.59 Å². The molecular formula is C33H35BrN2O4. The average Bonchev–Trinajstić information content (AvgIpc) is 2.98. The number of carbonyl (C=O) groups excluding carboxylic acids is 2. The lowest BCUT2D eigenvalue weighted by molar-refractivity contribution is -0.142. The van der Waals surface area contributed by atoms with Crippen molar-refractivity contribution in [2.45, 2.75) is 32.9 Å². The van der Waals surface area contributed by atoms with Gasteiger partial charge in [-0.15, -0.1) is 0 Å². The molecule has 6 nitrogen and oxygen atoms in total. The van der Waals surface area contributed by atoms with Crippen molar-refractivity contribution in [3.8, 4) is 11.5 Å². The number of methoxy groups -OCH3 is 1. The Morgan fingerprint density at radius 2 is 1.62 bits per heavy atom. The fourth-order valence-corrected chi connectivity index (χ4v) is 5.10. The number of hydrogen-bond acceptors (Lipinski definition) is 4. The molecule has 0 spiro atoms. The molecule has 0 aromatic heterocycles. The molecule has 0 aliphatic heterocycles. The number of nitrogens with one attached hydrogen (secondary N) is 1. The second-order valence-electron chi connectivity index (χ2n) is 10.1. The molecule has 0 aliphatic rings. The van der Waals surface area contributed by atoms with Crippen LogP contribution in [0.25, 0.3) is 10.8 Å². The molecule has 0 saturated heterocycles. The van der Waals surface area contributed by atoms with Crippen LogP contribution in [-0.2, 0) is 22.6 Å². The predicted octanol–water partition coefficient (Wildman–Crippen LogP) is 6.40. The summed E-state index contributed by atoms with van der Waals surface area (Å²) in [7, 11) is 1.61. The summed E-state index contributed by atoms with van der Waals surface area (Å²) in [5.74, 6) is 1.05. The first-order valence-electron chi connectivity index (χ1n) is 13.4. The maximum Gasteiger partial charge on any atom is 0.261 e. The number of carbonyl (C=O) groups is 2. The molecule has 2 amide bonds. The van der Waals surface area contributed by atoms with Crippen molar-refractivity contribution in [3.05, 3.63) is 107 Å². The van der Waals surface area contributed by atoms with Crippen LogP contribution in [-0.4, -0.2) is 43.0 Å². The van der Waals surface area contributed by atoms with Crippen LogP contribution in [0.2, 0.25) is 0 Å². The fourth-order valence-electron chi connectivity index (χ4n) is 4.49. The van der Waals surface area contributed by atoms with Gasteiger partial charge in [0.1, 0.15) is 17.5 Å². The van der Waals surface area contributed by atoms with Gasteiger partial charge in [-0.3, -0.25) is 9.59 Å². The van der Waals surface area contributed by atoms with Gasteiger partial charge >= 0.3 is 0 Å². The topological polar surface area (TPSA) is 67.9 Å². The predicted molar refractivity (Wildman–Crippen MR) is 162 cm³/mol. The van der Waals surface area contributed by atoms with E-state index >= 15 is 0 Å². The summed E-state index contributed by atoms with van der Waals surface area (Å²) in [5.41, 5.74) is 1.82. The summed E-state index contributed by atoms with van der Waals surface area (Å²) in [6.07, 6.45) is 0.375. The van der Waals surface area contributed by atoms with Crippen LogP contribution < -0.4 is 14.8 Å². The average molecular weight is 604 g/mol. The lowest BCUT2D eigenvalue weighted by atomic mass is 10.0. The number of benzene rings is 4. The lowest BCUT2D eigenvalue weighted by Crippen LogP contribution is -2.52. The minimum atomic E-state index is -0.733. The van der Waals surface area contributed by atoms with Gasteiger partial charge in [0.15, 0.2) is 6.61 Å². The quantitative estimate of drug-likeness (QED) is 0.204. The van der Waals surface area contributed by atoms with E-state index in [1.807, 2.05) is 105 Å². The van der Waals surface area contributed by atoms with Gasteiger partial charge in [-0.1, -0.05) is 86.6 Å². The normalized spacial score (nSPS) is 11.7. The van der Waals surface area contributed by atoms with Gasteiger partial charge in [0.25, 0.3) is 5.91 Å². The van der Waals surface area contributed by atoms with Gasteiger partial charge < -0.3 is 19.7 Å². The summed E-state index contributed by atoms with van der Waals surface area (Å²) in [5, 5.41) is 5.11. The Labute approximate surface area is 244 Å². The van der Waals surface area contributed by atoms with Crippen LogP contribution in [0.1, 0.15) is 25.0 Å². The molecule has 40 heavy (non-hydrogen) atoms. The first-order chi connectivity index (χ1) is 19.4. The highest BCUT2D eigenvalue weighted by Crippen LogP contribution is 2.33. The molecular weight excluding hydrogens is 568 g/mol. The smallest absolute Gasteiger partial charge is 0.261 e. The highest BCUT2D eigenvalue weighted by atomic mass is 79.9. The van der Waals surface area contributed by atoms with E-state index in [1.165, 1.54) is 0 Å². The van der Waals surface area contributed by atoms with Crippen molar-refractivity contribution >= 4 is 38.5 Å². The Morgan fingerprint density at radius 1 is 0.900 bits per heavy atom. The number of rotatable bonds is 12. The third-order valence-corrected chi connectivity index (χ3v) is 7.44. The lowest BCUT2D eigenvalue weighted by Gasteiger charge is -2.32. The molecule has 208 valence electrons. The van der Waals surface area contributed by atoms with Crippen molar-refractivity contribution in [2.75, 3.05) is 20.3 Å². The molecule has 4 aromatic rings. The Hall–Kier alpha value is -3.84. The maximum atomic E-state index is 13.9. The third-order valence-electron chi connectivity index (χ3n) is 6.62. The Kier molecular flexibility index (Phi) is 10.2. The van der Waals surface area contributed by atoms with E-state index in [2.05, 4.69) is 21.2 Å². The minimum absolute atomic E-state index is 0.194. The van der Waals surface area contributed by atoms with Crippen LogP contribution in [0.3, 0.4) is 0 Å². The second kappa shape index (κ2) is 14.0. The summed E-state index contributed by atoms with van der Waals surface area (Å²) in [4.78, 5) is 29.1. The molecule has 0 heterocycles. The Bertz CT molecular complexity index is 1440. The first kappa shape index (κ1) is 29.2. The number of amides is 2. The Balaban J connectivity index is 1.64. The second-order valence-corrected chi connectivity index (χ2v) is 10.9. The van der Waals surface area contributed by atoms with E-state index in [0.717, 1.165) is 26.4 Å². The SMILES string of the molecule is COc1cccc(CN(C(=O)COc2ccc3ccccc3c2Br)[C@@H](Cc2ccccc2)C(=O)NCC(C)C)c1. The molecule has 4 aromatic carbocycles.